The van der Waals surface area contributed by atoms with E-state index in [2.05, 4.69) is 4.98 Å². The molecule has 0 amide bonds. The Morgan fingerprint density at radius 1 is 1.06 bits per heavy atom. The van der Waals surface area contributed by atoms with Crippen molar-refractivity contribution in [2.24, 2.45) is 0 Å². The van der Waals surface area contributed by atoms with Gasteiger partial charge >= 0.3 is 0 Å². The maximum absolute atomic E-state index is 9.21. The number of phenolic OH excluding ortho intramolecular Hbond substituents is 1. The van der Waals surface area contributed by atoms with Crippen molar-refractivity contribution in [2.75, 3.05) is 0 Å². The van der Waals surface area contributed by atoms with Crippen LogP contribution in [0.25, 0.3) is 22.6 Å². The average Bonchev–Trinajstić information content (AvgIpc) is 2.72. The van der Waals surface area contributed by atoms with Gasteiger partial charge in [-0.2, -0.15) is 0 Å². The summed E-state index contributed by atoms with van der Waals surface area (Å²) < 4.78 is 5.60. The first-order chi connectivity index (χ1) is 8.22. The summed E-state index contributed by atoms with van der Waals surface area (Å²) in [4.78, 5) is 4.34. The van der Waals surface area contributed by atoms with E-state index in [0.717, 1.165) is 11.1 Å². The maximum Gasteiger partial charge on any atom is 0.227 e. The lowest BCUT2D eigenvalue weighted by Crippen LogP contribution is -1.75. The molecular weight excluding hydrogens is 238 g/mol. The highest BCUT2D eigenvalue weighted by Gasteiger charge is 2.08. The molecule has 84 valence electrons. The van der Waals surface area contributed by atoms with Crippen LogP contribution in [0.3, 0.4) is 0 Å². The number of halogens is 1. The molecule has 4 heteroatoms. The molecule has 0 aliphatic rings. The van der Waals surface area contributed by atoms with E-state index in [4.69, 9.17) is 16.0 Å². The summed E-state index contributed by atoms with van der Waals surface area (Å²) in [5, 5.41) is 9.84. The predicted molar refractivity (Wildman–Crippen MR) is 66.1 cm³/mol. The molecule has 1 heterocycles. The third-order valence-electron chi connectivity index (χ3n) is 2.46. The molecule has 1 aromatic heterocycles. The van der Waals surface area contributed by atoms with Gasteiger partial charge in [-0.15, -0.1) is 0 Å². The van der Waals surface area contributed by atoms with E-state index in [1.54, 1.807) is 42.5 Å². The van der Waals surface area contributed by atoms with Crippen molar-refractivity contribution < 1.29 is 9.52 Å². The Morgan fingerprint density at radius 3 is 2.59 bits per heavy atom. The van der Waals surface area contributed by atoms with E-state index >= 15 is 0 Å². The molecule has 17 heavy (non-hydrogen) atoms. The number of hydrogen-bond donors (Lipinski definition) is 1. The number of aromatic nitrogens is 1. The first-order valence-electron chi connectivity index (χ1n) is 5.08. The summed E-state index contributed by atoms with van der Waals surface area (Å²) in [7, 11) is 0. The van der Waals surface area contributed by atoms with Gasteiger partial charge in [0, 0.05) is 10.6 Å². The number of benzene rings is 2. The van der Waals surface area contributed by atoms with E-state index in [9.17, 15) is 5.11 Å². The topological polar surface area (TPSA) is 46.3 Å². The van der Waals surface area contributed by atoms with E-state index in [-0.39, 0.29) is 5.75 Å². The standard InChI is InChI=1S/C13H8ClNO2/c14-9-3-6-12-11(7-9)15-13(17-12)8-1-4-10(16)5-2-8/h1-7,16H. The summed E-state index contributed by atoms with van der Waals surface area (Å²) in [5.74, 6) is 0.732. The normalized spacial score (nSPS) is 10.9. The lowest BCUT2D eigenvalue weighted by molar-refractivity contribution is 0.475. The average molecular weight is 246 g/mol. The molecule has 0 radical (unpaired) electrons. The fourth-order valence-electron chi connectivity index (χ4n) is 1.63. The second kappa shape index (κ2) is 3.79. The van der Waals surface area contributed by atoms with Crippen LogP contribution in [0.4, 0.5) is 0 Å². The van der Waals surface area contributed by atoms with Gasteiger partial charge in [-0.1, -0.05) is 11.6 Å². The van der Waals surface area contributed by atoms with Gasteiger partial charge in [0.05, 0.1) is 0 Å². The van der Waals surface area contributed by atoms with Crippen LogP contribution in [-0.2, 0) is 0 Å². The van der Waals surface area contributed by atoms with E-state index in [0.29, 0.717) is 16.5 Å². The number of aromatic hydroxyl groups is 1. The van der Waals surface area contributed by atoms with Gasteiger partial charge < -0.3 is 9.52 Å². The Bertz CT molecular complexity index is 673. The molecule has 0 unspecified atom stereocenters. The molecule has 3 aromatic rings. The summed E-state index contributed by atoms with van der Waals surface area (Å²) in [6, 6.07) is 12.0. The quantitative estimate of drug-likeness (QED) is 0.708. The Kier molecular flexibility index (Phi) is 2.27. The molecule has 0 aliphatic carbocycles. The van der Waals surface area contributed by atoms with Crippen molar-refractivity contribution in [1.82, 2.24) is 4.98 Å². The molecule has 0 fully saturated rings. The van der Waals surface area contributed by atoms with Gasteiger partial charge in [0.25, 0.3) is 0 Å². The van der Waals surface area contributed by atoms with Crippen molar-refractivity contribution in [1.29, 1.82) is 0 Å². The summed E-state index contributed by atoms with van der Waals surface area (Å²) >= 11 is 5.88. The number of fused-ring (bicyclic) bond motifs is 1. The van der Waals surface area contributed by atoms with Gasteiger partial charge in [-0.05, 0) is 42.5 Å². The zero-order valence-corrected chi connectivity index (χ0v) is 9.48. The number of rotatable bonds is 1. The van der Waals surface area contributed by atoms with Crippen LogP contribution in [0, 0.1) is 0 Å². The van der Waals surface area contributed by atoms with Gasteiger partial charge in [-0.3, -0.25) is 0 Å². The highest BCUT2D eigenvalue weighted by molar-refractivity contribution is 6.31. The van der Waals surface area contributed by atoms with Crippen molar-refractivity contribution in [3.8, 4) is 17.2 Å². The number of phenols is 1. The zero-order valence-electron chi connectivity index (χ0n) is 8.72. The van der Waals surface area contributed by atoms with Crippen molar-refractivity contribution >= 4 is 22.7 Å². The lowest BCUT2D eigenvalue weighted by Gasteiger charge is -1.94. The third-order valence-corrected chi connectivity index (χ3v) is 2.70. The van der Waals surface area contributed by atoms with Crippen LogP contribution in [0.5, 0.6) is 5.75 Å². The fourth-order valence-corrected chi connectivity index (χ4v) is 1.79. The Balaban J connectivity index is 2.14. The molecule has 2 aromatic carbocycles. The Labute approximate surface area is 102 Å². The number of nitrogens with zero attached hydrogens (tertiary/aromatic N) is 1. The molecule has 1 N–H and O–H groups in total. The van der Waals surface area contributed by atoms with E-state index in [1.807, 2.05) is 0 Å². The molecule has 0 saturated heterocycles. The highest BCUT2D eigenvalue weighted by Crippen LogP contribution is 2.26. The summed E-state index contributed by atoms with van der Waals surface area (Å²) in [6.45, 7) is 0. The Hall–Kier alpha value is -2.00. The zero-order chi connectivity index (χ0) is 11.8. The molecule has 3 rings (SSSR count). The van der Waals surface area contributed by atoms with E-state index in [1.165, 1.54) is 0 Å². The van der Waals surface area contributed by atoms with Gasteiger partial charge in [-0.25, -0.2) is 4.98 Å². The highest BCUT2D eigenvalue weighted by atomic mass is 35.5. The minimum absolute atomic E-state index is 0.216. The third kappa shape index (κ3) is 1.85. The van der Waals surface area contributed by atoms with Crippen molar-refractivity contribution in [2.45, 2.75) is 0 Å². The summed E-state index contributed by atoms with van der Waals surface area (Å²) in [5.41, 5.74) is 2.23. The van der Waals surface area contributed by atoms with Crippen LogP contribution >= 0.6 is 11.6 Å². The maximum atomic E-state index is 9.21. The lowest BCUT2D eigenvalue weighted by atomic mass is 10.2. The summed E-state index contributed by atoms with van der Waals surface area (Å²) in [6.07, 6.45) is 0. The minimum Gasteiger partial charge on any atom is -0.508 e. The second-order valence-corrected chi connectivity index (χ2v) is 4.11. The second-order valence-electron chi connectivity index (χ2n) is 3.68. The van der Waals surface area contributed by atoms with E-state index < -0.39 is 0 Å². The number of oxazole rings is 1. The minimum atomic E-state index is 0.216. The molecule has 0 spiro atoms. The van der Waals surface area contributed by atoms with Crippen LogP contribution in [0.1, 0.15) is 0 Å². The molecule has 3 nitrogen and oxygen atoms in total. The van der Waals surface area contributed by atoms with Crippen molar-refractivity contribution in [3.63, 3.8) is 0 Å². The fraction of sp³-hybridized carbons (Fsp3) is 0. The predicted octanol–water partition coefficient (Wildman–Crippen LogP) is 3.85. The van der Waals surface area contributed by atoms with Crippen molar-refractivity contribution in [3.05, 3.63) is 47.5 Å². The molecule has 0 bridgehead atoms. The molecular formula is C13H8ClNO2. The van der Waals surface area contributed by atoms with Crippen LogP contribution in [0.2, 0.25) is 5.02 Å². The molecule has 0 aliphatic heterocycles. The Morgan fingerprint density at radius 2 is 1.82 bits per heavy atom. The molecule has 0 saturated carbocycles. The number of hydrogen-bond acceptors (Lipinski definition) is 3. The SMILES string of the molecule is Oc1ccc(-c2nc3cc(Cl)ccc3o2)cc1. The van der Waals surface area contributed by atoms with Crippen LogP contribution in [0.15, 0.2) is 46.9 Å². The smallest absolute Gasteiger partial charge is 0.227 e. The van der Waals surface area contributed by atoms with Gasteiger partial charge in [0.15, 0.2) is 5.58 Å². The largest absolute Gasteiger partial charge is 0.508 e. The van der Waals surface area contributed by atoms with Crippen LogP contribution < -0.4 is 0 Å². The first-order valence-corrected chi connectivity index (χ1v) is 5.46. The van der Waals surface area contributed by atoms with Gasteiger partial charge in [0.2, 0.25) is 5.89 Å². The first kappa shape index (κ1) is 10.2. The monoisotopic (exact) mass is 245 g/mol. The van der Waals surface area contributed by atoms with Crippen LogP contribution in [-0.4, -0.2) is 10.1 Å². The molecule has 0 atom stereocenters. The van der Waals surface area contributed by atoms with Gasteiger partial charge in [0.1, 0.15) is 11.3 Å².